The molecule has 1 amide bonds. The highest BCUT2D eigenvalue weighted by molar-refractivity contribution is 7.09. The van der Waals surface area contributed by atoms with Crippen LogP contribution in [0.1, 0.15) is 38.1 Å². The molecule has 3 aromatic rings. The third kappa shape index (κ3) is 6.68. The van der Waals surface area contributed by atoms with Gasteiger partial charge in [0, 0.05) is 73.8 Å². The van der Waals surface area contributed by atoms with E-state index in [4.69, 9.17) is 21.3 Å². The van der Waals surface area contributed by atoms with E-state index in [2.05, 4.69) is 40.2 Å². The van der Waals surface area contributed by atoms with Crippen LogP contribution in [0.4, 0.5) is 10.8 Å². The zero-order valence-electron chi connectivity index (χ0n) is 21.2. The van der Waals surface area contributed by atoms with E-state index in [1.165, 1.54) is 11.5 Å². The average Bonchev–Trinajstić information content (AvgIpc) is 3.36. The normalized spacial score (nSPS) is 14.6. The first-order valence-electron chi connectivity index (χ1n) is 12.5. The number of methoxy groups -OCH3 is 1. The lowest BCUT2D eigenvalue weighted by molar-refractivity contribution is -0.131. The molecule has 7 nitrogen and oxygen atoms in total. The molecule has 4 rings (SSSR count). The molecule has 1 atom stereocenters. The van der Waals surface area contributed by atoms with E-state index in [1.807, 2.05) is 41.3 Å². The first kappa shape index (κ1) is 26.2. The van der Waals surface area contributed by atoms with Crippen LogP contribution in [-0.2, 0) is 11.2 Å². The highest BCUT2D eigenvalue weighted by Gasteiger charge is 2.24. The van der Waals surface area contributed by atoms with Crippen LogP contribution in [-0.4, -0.2) is 66.0 Å². The number of ether oxygens (including phenoxy) is 1. The highest BCUT2D eigenvalue weighted by atomic mass is 35.5. The average molecular weight is 528 g/mol. The zero-order chi connectivity index (χ0) is 25.5. The molecule has 0 aliphatic carbocycles. The van der Waals surface area contributed by atoms with Crippen molar-refractivity contribution >= 4 is 39.9 Å². The minimum absolute atomic E-state index is 0.190. The lowest BCUT2D eigenvalue weighted by atomic mass is 10.1. The van der Waals surface area contributed by atoms with E-state index in [-0.39, 0.29) is 11.9 Å². The Morgan fingerprint density at radius 2 is 1.94 bits per heavy atom. The van der Waals surface area contributed by atoms with Crippen molar-refractivity contribution < 1.29 is 9.53 Å². The van der Waals surface area contributed by atoms with Crippen molar-refractivity contribution in [3.8, 4) is 5.75 Å². The highest BCUT2D eigenvalue weighted by Crippen LogP contribution is 2.24. The van der Waals surface area contributed by atoms with Gasteiger partial charge in [0.05, 0.1) is 7.11 Å². The van der Waals surface area contributed by atoms with Crippen molar-refractivity contribution in [3.05, 3.63) is 64.9 Å². The van der Waals surface area contributed by atoms with Crippen molar-refractivity contribution in [2.75, 3.05) is 49.6 Å². The molecule has 0 saturated carbocycles. The third-order valence-electron chi connectivity index (χ3n) is 6.69. The summed E-state index contributed by atoms with van der Waals surface area (Å²) in [5.41, 5.74) is 2.22. The van der Waals surface area contributed by atoms with Gasteiger partial charge in [-0.25, -0.2) is 4.98 Å². The van der Waals surface area contributed by atoms with Gasteiger partial charge in [0.25, 0.3) is 0 Å². The quantitative estimate of drug-likeness (QED) is 0.364. The number of carbonyl (C=O) groups is 1. The number of anilines is 2. The Bertz CT molecular complexity index is 1150. The molecule has 192 valence electrons. The first-order valence-corrected chi connectivity index (χ1v) is 13.6. The zero-order valence-corrected chi connectivity index (χ0v) is 22.8. The number of nitrogens with zero attached hydrogens (tertiary/aromatic N) is 5. The van der Waals surface area contributed by atoms with E-state index < -0.39 is 0 Å². The molecule has 1 saturated heterocycles. The number of carbonyl (C=O) groups excluding carboxylic acids is 1. The fourth-order valence-electron chi connectivity index (χ4n) is 4.38. The van der Waals surface area contributed by atoms with E-state index in [0.29, 0.717) is 19.4 Å². The Morgan fingerprint density at radius 3 is 2.67 bits per heavy atom. The maximum Gasteiger partial charge on any atom is 0.224 e. The number of benzene rings is 2. The molecule has 0 radical (unpaired) electrons. The molecular formula is C27H34ClN5O2S. The van der Waals surface area contributed by atoms with Gasteiger partial charge >= 0.3 is 0 Å². The number of piperazine rings is 1. The largest absolute Gasteiger partial charge is 0.497 e. The number of amides is 1. The van der Waals surface area contributed by atoms with Crippen LogP contribution in [0.3, 0.4) is 0 Å². The summed E-state index contributed by atoms with van der Waals surface area (Å²) >= 11 is 7.55. The summed E-state index contributed by atoms with van der Waals surface area (Å²) in [4.78, 5) is 24.4. The lowest BCUT2D eigenvalue weighted by Gasteiger charge is -2.36. The summed E-state index contributed by atoms with van der Waals surface area (Å²) in [7, 11) is 1.67. The summed E-state index contributed by atoms with van der Waals surface area (Å²) in [5.74, 6) is 1.81. The molecule has 1 aromatic heterocycles. The Kier molecular flexibility index (Phi) is 9.04. The van der Waals surface area contributed by atoms with Crippen LogP contribution >= 0.6 is 23.1 Å². The number of rotatable bonds is 10. The summed E-state index contributed by atoms with van der Waals surface area (Å²) < 4.78 is 9.93. The first-order chi connectivity index (χ1) is 17.5. The third-order valence-corrected chi connectivity index (χ3v) is 7.72. The fraction of sp³-hybridized carbons (Fsp3) is 0.444. The van der Waals surface area contributed by atoms with Gasteiger partial charge in [-0.1, -0.05) is 36.7 Å². The van der Waals surface area contributed by atoms with Gasteiger partial charge in [-0.2, -0.15) is 4.37 Å². The number of aromatic nitrogens is 2. The van der Waals surface area contributed by atoms with Crippen LogP contribution in [0.25, 0.3) is 0 Å². The Labute approximate surface area is 222 Å². The van der Waals surface area contributed by atoms with Crippen LogP contribution in [0.15, 0.2) is 48.5 Å². The second-order valence-electron chi connectivity index (χ2n) is 9.07. The molecule has 0 unspecified atom stereocenters. The SMILES string of the molecule is CC[C@@H](C)N(CCC(=O)N1CCN(c2cccc(Cl)c2)CC1)c1nc(Cc2cccc(OC)c2)ns1. The molecule has 36 heavy (non-hydrogen) atoms. The number of hydrogen-bond acceptors (Lipinski definition) is 7. The van der Waals surface area contributed by atoms with Gasteiger partial charge in [-0.3, -0.25) is 4.79 Å². The Balaban J connectivity index is 1.33. The molecule has 2 aromatic carbocycles. The molecule has 0 bridgehead atoms. The molecule has 9 heteroatoms. The van der Waals surface area contributed by atoms with E-state index in [0.717, 1.165) is 65.6 Å². The van der Waals surface area contributed by atoms with Gasteiger partial charge < -0.3 is 19.4 Å². The molecule has 1 fully saturated rings. The van der Waals surface area contributed by atoms with Crippen LogP contribution in [0.5, 0.6) is 5.75 Å². The summed E-state index contributed by atoms with van der Waals surface area (Å²) in [6, 6.07) is 16.1. The van der Waals surface area contributed by atoms with Gasteiger partial charge in [0.15, 0.2) is 0 Å². The summed E-state index contributed by atoms with van der Waals surface area (Å²) in [6.07, 6.45) is 2.08. The van der Waals surface area contributed by atoms with Gasteiger partial charge in [0.2, 0.25) is 11.0 Å². The molecule has 1 aliphatic rings. The van der Waals surface area contributed by atoms with Gasteiger partial charge in [0.1, 0.15) is 11.6 Å². The molecule has 0 spiro atoms. The number of hydrogen-bond donors (Lipinski definition) is 0. The molecule has 2 heterocycles. The molecule has 0 N–H and O–H groups in total. The Hall–Kier alpha value is -2.84. The van der Waals surface area contributed by atoms with Crippen LogP contribution in [0, 0.1) is 0 Å². The van der Waals surface area contributed by atoms with Crippen molar-refractivity contribution in [2.24, 2.45) is 0 Å². The van der Waals surface area contributed by atoms with E-state index in [9.17, 15) is 4.79 Å². The monoisotopic (exact) mass is 527 g/mol. The molecular weight excluding hydrogens is 494 g/mol. The van der Waals surface area contributed by atoms with Crippen molar-refractivity contribution in [2.45, 2.75) is 39.2 Å². The van der Waals surface area contributed by atoms with Gasteiger partial charge in [-0.15, -0.1) is 0 Å². The minimum Gasteiger partial charge on any atom is -0.497 e. The van der Waals surface area contributed by atoms with Crippen LogP contribution in [0.2, 0.25) is 5.02 Å². The number of halogens is 1. The summed E-state index contributed by atoms with van der Waals surface area (Å²) in [5, 5.41) is 1.61. The predicted molar refractivity (Wildman–Crippen MR) is 148 cm³/mol. The van der Waals surface area contributed by atoms with Crippen molar-refractivity contribution in [1.82, 2.24) is 14.3 Å². The van der Waals surface area contributed by atoms with Gasteiger partial charge in [-0.05, 0) is 49.2 Å². The smallest absolute Gasteiger partial charge is 0.224 e. The second kappa shape index (κ2) is 12.4. The summed E-state index contributed by atoms with van der Waals surface area (Å²) in [6.45, 7) is 8.03. The van der Waals surface area contributed by atoms with Crippen LogP contribution < -0.4 is 14.5 Å². The Morgan fingerprint density at radius 1 is 1.17 bits per heavy atom. The van der Waals surface area contributed by atoms with Crippen molar-refractivity contribution in [3.63, 3.8) is 0 Å². The van der Waals surface area contributed by atoms with Crippen molar-refractivity contribution in [1.29, 1.82) is 0 Å². The predicted octanol–water partition coefficient (Wildman–Crippen LogP) is 5.13. The fourth-order valence-corrected chi connectivity index (χ4v) is 5.38. The van der Waals surface area contributed by atoms with E-state index >= 15 is 0 Å². The molecule has 1 aliphatic heterocycles. The standard InChI is InChI=1S/C27H34ClN5O2S/c1-4-20(2)33(27-29-25(30-36-27)18-21-7-5-10-24(17-21)35-3)12-11-26(34)32-15-13-31(14-16-32)23-9-6-8-22(28)19-23/h5-10,17,19-20H,4,11-16,18H2,1-3H3/t20-/m1/s1. The topological polar surface area (TPSA) is 61.8 Å². The lowest BCUT2D eigenvalue weighted by Crippen LogP contribution is -2.49. The van der Waals surface area contributed by atoms with E-state index in [1.54, 1.807) is 7.11 Å². The maximum absolute atomic E-state index is 13.1. The maximum atomic E-state index is 13.1. The second-order valence-corrected chi connectivity index (χ2v) is 10.2. The minimum atomic E-state index is 0.190.